The van der Waals surface area contributed by atoms with E-state index in [1.54, 1.807) is 17.8 Å². The molecule has 0 radical (unpaired) electrons. The van der Waals surface area contributed by atoms with Gasteiger partial charge in [0.25, 0.3) is 5.56 Å². The summed E-state index contributed by atoms with van der Waals surface area (Å²) in [6.07, 6.45) is 3.83. The number of aryl methyl sites for hydroxylation is 2. The van der Waals surface area contributed by atoms with Crippen molar-refractivity contribution in [3.63, 3.8) is 0 Å². The molecule has 2 N–H and O–H groups in total. The molecule has 0 spiro atoms. The lowest BCUT2D eigenvalue weighted by atomic mass is 10.2. The molecule has 3 atom stereocenters. The molecular weight excluding hydrogens is 358 g/mol. The van der Waals surface area contributed by atoms with E-state index in [-0.39, 0.29) is 29.3 Å². The van der Waals surface area contributed by atoms with E-state index in [4.69, 9.17) is 0 Å². The molecule has 0 aromatic carbocycles. The lowest BCUT2D eigenvalue weighted by Gasteiger charge is -2.16. The lowest BCUT2D eigenvalue weighted by molar-refractivity contribution is 0.137. The SMILES string of the molecule is CCCn1cc(Cn2c(=O)c(C)cn(C3CC(O)[C@@H](CO)S3)c2=O)nn1. The molecule has 3 heterocycles. The van der Waals surface area contributed by atoms with Crippen molar-refractivity contribution in [2.45, 2.75) is 56.5 Å². The maximum absolute atomic E-state index is 12.9. The molecule has 0 aliphatic carbocycles. The van der Waals surface area contributed by atoms with Crippen LogP contribution < -0.4 is 11.2 Å². The Hall–Kier alpha value is -1.91. The summed E-state index contributed by atoms with van der Waals surface area (Å²) in [5.41, 5.74) is 0.169. The van der Waals surface area contributed by atoms with E-state index >= 15 is 0 Å². The van der Waals surface area contributed by atoms with Gasteiger partial charge in [-0.05, 0) is 13.3 Å². The monoisotopic (exact) mass is 381 g/mol. The molecule has 2 aromatic rings. The van der Waals surface area contributed by atoms with E-state index < -0.39 is 11.8 Å². The van der Waals surface area contributed by atoms with Crippen LogP contribution in [0.1, 0.15) is 36.4 Å². The highest BCUT2D eigenvalue weighted by molar-refractivity contribution is 8.00. The summed E-state index contributed by atoms with van der Waals surface area (Å²) in [4.78, 5) is 25.4. The summed E-state index contributed by atoms with van der Waals surface area (Å²) in [7, 11) is 0. The summed E-state index contributed by atoms with van der Waals surface area (Å²) in [6, 6.07) is 0. The van der Waals surface area contributed by atoms with Gasteiger partial charge >= 0.3 is 5.69 Å². The van der Waals surface area contributed by atoms with Gasteiger partial charge in [-0.3, -0.25) is 18.6 Å². The molecule has 0 saturated carbocycles. The van der Waals surface area contributed by atoms with Crippen LogP contribution >= 0.6 is 11.8 Å². The smallest absolute Gasteiger partial charge is 0.332 e. The van der Waals surface area contributed by atoms with Gasteiger partial charge in [0, 0.05) is 24.7 Å². The summed E-state index contributed by atoms with van der Waals surface area (Å²) in [5.74, 6) is 0. The number of thioether (sulfide) groups is 1. The molecule has 10 heteroatoms. The van der Waals surface area contributed by atoms with Crippen LogP contribution in [-0.4, -0.2) is 52.3 Å². The van der Waals surface area contributed by atoms with Crippen molar-refractivity contribution in [2.24, 2.45) is 0 Å². The van der Waals surface area contributed by atoms with Crippen molar-refractivity contribution in [1.29, 1.82) is 0 Å². The second kappa shape index (κ2) is 7.77. The molecule has 1 aliphatic heterocycles. The average molecular weight is 381 g/mol. The van der Waals surface area contributed by atoms with E-state index in [1.807, 2.05) is 6.92 Å². The molecule has 3 rings (SSSR count). The number of aliphatic hydroxyl groups is 2. The first-order chi connectivity index (χ1) is 12.4. The van der Waals surface area contributed by atoms with E-state index in [2.05, 4.69) is 10.3 Å². The van der Waals surface area contributed by atoms with Gasteiger partial charge < -0.3 is 10.2 Å². The first-order valence-corrected chi connectivity index (χ1v) is 9.54. The van der Waals surface area contributed by atoms with Crippen molar-refractivity contribution in [1.82, 2.24) is 24.1 Å². The normalized spacial score (nSPS) is 22.8. The minimum absolute atomic E-state index is 0.0480. The van der Waals surface area contributed by atoms with E-state index in [1.165, 1.54) is 22.5 Å². The average Bonchev–Trinajstić information content (AvgIpc) is 3.21. The van der Waals surface area contributed by atoms with Crippen molar-refractivity contribution in [2.75, 3.05) is 6.61 Å². The Bertz CT molecular complexity index is 889. The maximum atomic E-state index is 12.9. The van der Waals surface area contributed by atoms with Gasteiger partial charge in [-0.1, -0.05) is 12.1 Å². The van der Waals surface area contributed by atoms with Crippen LogP contribution in [-0.2, 0) is 13.1 Å². The Kier molecular flexibility index (Phi) is 5.64. The predicted octanol–water partition coefficient (Wildman–Crippen LogP) is -0.274. The molecule has 142 valence electrons. The van der Waals surface area contributed by atoms with Gasteiger partial charge in [0.1, 0.15) is 5.69 Å². The highest BCUT2D eigenvalue weighted by atomic mass is 32.2. The highest BCUT2D eigenvalue weighted by Gasteiger charge is 2.35. The summed E-state index contributed by atoms with van der Waals surface area (Å²) < 4.78 is 4.30. The molecule has 0 bridgehead atoms. The molecule has 1 fully saturated rings. The van der Waals surface area contributed by atoms with Crippen molar-refractivity contribution >= 4 is 11.8 Å². The minimum atomic E-state index is -0.684. The number of aliphatic hydroxyl groups excluding tert-OH is 2. The van der Waals surface area contributed by atoms with Crippen LogP contribution in [0, 0.1) is 6.92 Å². The Morgan fingerprint density at radius 2 is 2.12 bits per heavy atom. The third-order valence-electron chi connectivity index (χ3n) is 4.42. The van der Waals surface area contributed by atoms with Gasteiger partial charge in [-0.15, -0.1) is 16.9 Å². The van der Waals surface area contributed by atoms with Crippen molar-refractivity contribution in [3.05, 3.63) is 44.5 Å². The van der Waals surface area contributed by atoms with Crippen LogP contribution in [0.4, 0.5) is 0 Å². The first kappa shape index (κ1) is 18.9. The summed E-state index contributed by atoms with van der Waals surface area (Å²) >= 11 is 1.34. The quantitative estimate of drug-likeness (QED) is 0.707. The largest absolute Gasteiger partial charge is 0.395 e. The minimum Gasteiger partial charge on any atom is -0.395 e. The van der Waals surface area contributed by atoms with Crippen molar-refractivity contribution in [3.8, 4) is 0 Å². The fraction of sp³-hybridized carbons (Fsp3) is 0.625. The van der Waals surface area contributed by atoms with E-state index in [0.717, 1.165) is 17.5 Å². The van der Waals surface area contributed by atoms with Gasteiger partial charge in [0.15, 0.2) is 0 Å². The maximum Gasteiger partial charge on any atom is 0.332 e. The number of hydrogen-bond donors (Lipinski definition) is 2. The standard InChI is InChI=1S/C16H23N5O4S/c1-3-4-19-7-11(17-18-19)8-21-15(24)10(2)6-20(16(21)25)14-5-12(23)13(9-22)26-14/h6-7,12-14,22-23H,3-5,8-9H2,1-2H3/t12?,13-,14?/m1/s1. The van der Waals surface area contributed by atoms with Crippen molar-refractivity contribution < 1.29 is 10.2 Å². The van der Waals surface area contributed by atoms with Gasteiger partial charge in [-0.2, -0.15) is 0 Å². The molecule has 2 aromatic heterocycles. The molecule has 26 heavy (non-hydrogen) atoms. The van der Waals surface area contributed by atoms with E-state index in [0.29, 0.717) is 17.7 Å². The fourth-order valence-electron chi connectivity index (χ4n) is 3.07. The van der Waals surface area contributed by atoms with Crippen LogP contribution in [0.2, 0.25) is 0 Å². The molecule has 2 unspecified atom stereocenters. The van der Waals surface area contributed by atoms with Crippen LogP contribution in [0.3, 0.4) is 0 Å². The highest BCUT2D eigenvalue weighted by Crippen LogP contribution is 2.40. The zero-order chi connectivity index (χ0) is 18.8. The van der Waals surface area contributed by atoms with Crippen LogP contribution in [0.25, 0.3) is 0 Å². The third kappa shape index (κ3) is 3.62. The number of nitrogens with zero attached hydrogens (tertiary/aromatic N) is 5. The topological polar surface area (TPSA) is 115 Å². The second-order valence-electron chi connectivity index (χ2n) is 6.48. The zero-order valence-corrected chi connectivity index (χ0v) is 15.6. The molecule has 9 nitrogen and oxygen atoms in total. The van der Waals surface area contributed by atoms with E-state index in [9.17, 15) is 19.8 Å². The molecular formula is C16H23N5O4S. The predicted molar refractivity (Wildman–Crippen MR) is 97.2 cm³/mol. The van der Waals surface area contributed by atoms with Gasteiger partial charge in [0.05, 0.1) is 36.1 Å². The molecule has 1 aliphatic rings. The van der Waals surface area contributed by atoms with Crippen LogP contribution in [0.15, 0.2) is 22.0 Å². The first-order valence-electron chi connectivity index (χ1n) is 8.60. The molecule has 1 saturated heterocycles. The van der Waals surface area contributed by atoms with Crippen LogP contribution in [0.5, 0.6) is 0 Å². The summed E-state index contributed by atoms with van der Waals surface area (Å²) in [6.45, 7) is 4.29. The fourth-order valence-corrected chi connectivity index (χ4v) is 4.44. The lowest BCUT2D eigenvalue weighted by Crippen LogP contribution is -2.41. The van der Waals surface area contributed by atoms with Gasteiger partial charge in [-0.25, -0.2) is 4.79 Å². The Balaban J connectivity index is 1.94. The number of rotatable bonds is 6. The Morgan fingerprint density at radius 3 is 2.77 bits per heavy atom. The molecule has 0 amide bonds. The third-order valence-corrected chi connectivity index (χ3v) is 5.97. The number of hydrogen-bond acceptors (Lipinski definition) is 7. The summed E-state index contributed by atoms with van der Waals surface area (Å²) in [5, 5.41) is 26.7. The Morgan fingerprint density at radius 1 is 1.35 bits per heavy atom. The Labute approximate surface area is 154 Å². The zero-order valence-electron chi connectivity index (χ0n) is 14.8. The number of aromatic nitrogens is 5. The van der Waals surface area contributed by atoms with Gasteiger partial charge in [0.2, 0.25) is 0 Å². The second-order valence-corrected chi connectivity index (χ2v) is 7.90.